The Labute approximate surface area is 846 Å². The molecule has 142 heavy (non-hydrogen) atoms. The molecule has 0 radical (unpaired) electrons. The summed E-state index contributed by atoms with van der Waals surface area (Å²) < 4.78 is 24.7. The number of aromatic nitrogens is 18. The molecule has 0 spiro atoms. The van der Waals surface area contributed by atoms with Crippen LogP contribution < -0.4 is 31.9 Å². The summed E-state index contributed by atoms with van der Waals surface area (Å²) in [4.78, 5) is 128. The van der Waals surface area contributed by atoms with Gasteiger partial charge in [0.05, 0.1) is 71.6 Å². The van der Waals surface area contributed by atoms with E-state index in [2.05, 4.69) is 112 Å². The summed E-state index contributed by atoms with van der Waals surface area (Å²) in [6, 6.07) is 17.0. The van der Waals surface area contributed by atoms with Crippen LogP contribution >= 0.6 is 46.4 Å². The summed E-state index contributed by atoms with van der Waals surface area (Å²) in [5, 5.41) is 78.3. The molecule has 3 atom stereocenters. The van der Waals surface area contributed by atoms with Crippen molar-refractivity contribution in [2.75, 3.05) is 38.6 Å². The highest BCUT2D eigenvalue weighted by Crippen LogP contribution is 2.49. The second-order valence-electron chi connectivity index (χ2n) is 44.1. The van der Waals surface area contributed by atoms with Crippen LogP contribution in [0.4, 0.5) is 40.1 Å². The Morgan fingerprint density at radius 3 is 1.04 bits per heavy atom. The third kappa shape index (κ3) is 26.9. The molecule has 12 aromatic rings. The Hall–Kier alpha value is -10.6. The zero-order valence-corrected chi connectivity index (χ0v) is 89.0. The third-order valence-corrected chi connectivity index (χ3v) is 27.7. The first kappa shape index (κ1) is 110. The Kier molecular flexibility index (Phi) is 32.8. The molecule has 5 fully saturated rings. The second-order valence-corrected chi connectivity index (χ2v) is 45.6. The van der Waals surface area contributed by atoms with Crippen molar-refractivity contribution in [1.29, 1.82) is 0 Å². The fourth-order valence-corrected chi connectivity index (χ4v) is 17.8. The third-order valence-electron chi connectivity index (χ3n) is 26.2. The number of imidazole rings is 6. The Morgan fingerprint density at radius 2 is 0.697 bits per heavy atom. The van der Waals surface area contributed by atoms with Crippen LogP contribution in [0.25, 0.3) is 67.0 Å². The summed E-state index contributed by atoms with van der Waals surface area (Å²) in [5.74, 6) is 1.16. The van der Waals surface area contributed by atoms with Gasteiger partial charge in [-0.3, -0.25) is 88.1 Å². The molecule has 0 aliphatic heterocycles. The number of carbonyl (C=O) groups is 6. The van der Waals surface area contributed by atoms with E-state index < -0.39 is 46.2 Å². The van der Waals surface area contributed by atoms with E-state index in [0.717, 1.165) is 140 Å². The van der Waals surface area contributed by atoms with Crippen LogP contribution in [0, 0.1) is 40.5 Å². The molecule has 6 amide bonds. The van der Waals surface area contributed by atoms with E-state index >= 15 is 0 Å². The number of rotatable bonds is 26. The predicted octanol–water partition coefficient (Wildman–Crippen LogP) is 19.0. The molecule has 0 aromatic carbocycles. The summed E-state index contributed by atoms with van der Waals surface area (Å²) >= 11 is 24.5. The lowest BCUT2D eigenvalue weighted by Gasteiger charge is -2.40. The van der Waals surface area contributed by atoms with Crippen LogP contribution in [0.1, 0.15) is 301 Å². The SMILES string of the molecule is CC(C)(O)CC(=O)Nc1nc2cc(Cl)c(Cl)nc2n1C1CCC1.CCC(C)(O)CC(=O)Nc1nc2ccc(C)nc2n1C(C)(C)C.CCC(O)(CF)CC(=O)Nc1nc2ccc(C)nc2n1C(C)(C)C.Cc1cc2nc(NC(=O)CC(C)(C)O)n(C3(C)CCC3)c2nc1Cl.Cc1cc2nc(NC(=O)CC(C)(O)C3CC3)n(C3(C)CCC3)c2nc1Cl.Cc1ccc2nc(NC(=O)CC(C)(C)O)n(C3(C)CC3)c2n1. The second kappa shape index (κ2) is 42.2. The van der Waals surface area contributed by atoms with E-state index in [1.165, 1.54) is 0 Å². The fourth-order valence-electron chi connectivity index (χ4n) is 17.2. The van der Waals surface area contributed by atoms with E-state index in [0.29, 0.717) is 96.6 Å². The molecular formula is C101H139Cl4FN24O12. The number of carbonyl (C=O) groups excluding carboxylic acids is 6. The van der Waals surface area contributed by atoms with Gasteiger partial charge in [-0.1, -0.05) is 60.3 Å². The van der Waals surface area contributed by atoms with Crippen molar-refractivity contribution in [3.63, 3.8) is 0 Å². The van der Waals surface area contributed by atoms with Crippen LogP contribution in [0.5, 0.6) is 0 Å². The van der Waals surface area contributed by atoms with Crippen molar-refractivity contribution >= 4 is 185 Å². The van der Waals surface area contributed by atoms with Crippen molar-refractivity contribution in [3.05, 3.63) is 103 Å². The molecule has 41 heteroatoms. The van der Waals surface area contributed by atoms with Crippen molar-refractivity contribution < 1.29 is 63.8 Å². The van der Waals surface area contributed by atoms with Gasteiger partial charge in [-0.25, -0.2) is 64.2 Å². The number of amides is 6. The highest BCUT2D eigenvalue weighted by atomic mass is 35.5. The van der Waals surface area contributed by atoms with E-state index in [4.69, 9.17) is 46.4 Å². The molecule has 5 aliphatic rings. The van der Waals surface area contributed by atoms with Gasteiger partial charge >= 0.3 is 0 Å². The number of alkyl halides is 1. The quantitative estimate of drug-likeness (QED) is 0.0224. The van der Waals surface area contributed by atoms with E-state index in [9.17, 15) is 63.8 Å². The van der Waals surface area contributed by atoms with E-state index in [1.807, 2.05) is 159 Å². The maximum Gasteiger partial charge on any atom is 0.229 e. The van der Waals surface area contributed by atoms with E-state index in [-0.39, 0.29) is 119 Å². The minimum Gasteiger partial charge on any atom is -0.390 e. The molecule has 5 saturated carbocycles. The van der Waals surface area contributed by atoms with Gasteiger partial charge in [0.15, 0.2) is 33.9 Å². The van der Waals surface area contributed by atoms with Crippen LogP contribution in [0.3, 0.4) is 0 Å². The minimum absolute atomic E-state index is 0.000131. The lowest BCUT2D eigenvalue weighted by molar-refractivity contribution is -0.122. The minimum atomic E-state index is -1.64. The molecule has 3 unspecified atom stereocenters. The molecular weight excluding hydrogens is 1900 g/mol. The zero-order valence-electron chi connectivity index (χ0n) is 86.0. The van der Waals surface area contributed by atoms with Crippen molar-refractivity contribution in [3.8, 4) is 0 Å². The standard InChI is InChI=1S/C19H25ClN4O2.C17H23ClN4O2.C17H25FN4O2.C17H26N4O2.C16H22N4O2.C15H18Cl2N4O2/c1-11-9-13-16(23-15(11)20)24(18(2)7-4-8-18)17(21-13)22-14(25)10-19(3,26)12-5-6-12;1-10-8-11-14(21-13(10)18)22(17(4)6-5-7-17)15(19-11)20-12(23)9-16(2,3)24;1-6-17(24,10-18)9-13(23)21-15-20-12-8-7-11(2)19-14(12)22(15)16(3,4)5;1-7-17(6,23)10-13(22)20-15-19-12-9-8-11(2)18-14(12)21(15)16(3,4)5;1-10-5-6-11-13(17-10)20(16(4)7-8-16)14(18-11)19-12(21)9-15(2,3)22;1-15(2,23)7-11(22)19-14-18-10-6-9(16)12(17)20-13(10)21(14)8-4-3-5-8/h9,12,26H,4-8,10H2,1-3H3,(H,21,22,25);8,24H,5-7,9H2,1-4H3,(H,19,20,23);7-8,24H,6,9-10H2,1-5H3,(H,20,21,23);8-9,23H,7,10H2,1-6H3,(H,19,20,22);5-6,22H,7-9H2,1-4H3,(H,18,19,21);6,8,23H,3-5,7H2,1-2H3,(H,18,19,22). The monoisotopic (exact) mass is 2040 g/mol. The average molecular weight is 2040 g/mol. The lowest BCUT2D eigenvalue weighted by atomic mass is 9.78. The Balaban J connectivity index is 0.000000152. The molecule has 36 nitrogen and oxygen atoms in total. The number of pyridine rings is 6. The summed E-state index contributed by atoms with van der Waals surface area (Å²) in [6.07, 6.45) is 13.9. The first-order valence-electron chi connectivity index (χ1n) is 48.5. The number of nitrogens with zero attached hydrogens (tertiary/aromatic N) is 18. The predicted molar refractivity (Wildman–Crippen MR) is 554 cm³/mol. The maximum absolute atomic E-state index is 13.0. The number of anilines is 6. The van der Waals surface area contributed by atoms with Gasteiger partial charge < -0.3 is 30.6 Å². The number of fused-ring (bicyclic) bond motifs is 6. The van der Waals surface area contributed by atoms with Crippen LogP contribution in [-0.4, -0.2) is 194 Å². The van der Waals surface area contributed by atoms with E-state index in [1.54, 1.807) is 68.4 Å². The van der Waals surface area contributed by atoms with Gasteiger partial charge in [0.1, 0.15) is 60.8 Å². The van der Waals surface area contributed by atoms with Gasteiger partial charge in [0, 0.05) is 50.8 Å². The molecule has 5 aliphatic carbocycles. The number of hydrogen-bond acceptors (Lipinski definition) is 24. The Bertz CT molecular complexity index is 6710. The van der Waals surface area contributed by atoms with Crippen molar-refractivity contribution in [2.24, 2.45) is 5.92 Å². The normalized spacial score (nSPS) is 16.8. The first-order valence-corrected chi connectivity index (χ1v) is 50.0. The molecule has 17 rings (SSSR count). The van der Waals surface area contributed by atoms with Gasteiger partial charge in [0.2, 0.25) is 71.1 Å². The molecule has 12 heterocycles. The van der Waals surface area contributed by atoms with Gasteiger partial charge in [-0.05, 0) is 320 Å². The van der Waals surface area contributed by atoms with Crippen LogP contribution in [0.15, 0.2) is 54.6 Å². The topological polar surface area (TPSA) is 480 Å². The summed E-state index contributed by atoms with van der Waals surface area (Å²) in [7, 11) is 0. The maximum atomic E-state index is 13.0. The average Bonchev–Trinajstić information content (AvgIpc) is 1.58. The highest BCUT2D eigenvalue weighted by molar-refractivity contribution is 6.41. The van der Waals surface area contributed by atoms with Crippen LogP contribution in [-0.2, 0) is 56.5 Å². The zero-order chi connectivity index (χ0) is 105. The number of nitrogens with one attached hydrogen (secondary N) is 6. The largest absolute Gasteiger partial charge is 0.390 e. The summed E-state index contributed by atoms with van der Waals surface area (Å²) in [6.45, 7) is 43.6. The smallest absolute Gasteiger partial charge is 0.229 e. The van der Waals surface area contributed by atoms with Crippen LogP contribution in [0.2, 0.25) is 20.5 Å². The molecule has 12 N–H and O–H groups in total. The summed E-state index contributed by atoms with van der Waals surface area (Å²) in [5.41, 5.74) is 5.07. The highest BCUT2D eigenvalue weighted by Gasteiger charge is 2.46. The van der Waals surface area contributed by atoms with Gasteiger partial charge in [-0.2, -0.15) is 0 Å². The Morgan fingerprint density at radius 1 is 0.373 bits per heavy atom. The number of halogens is 5. The van der Waals surface area contributed by atoms with Crippen molar-refractivity contribution in [1.82, 2.24) is 87.2 Å². The molecule has 770 valence electrons. The number of aryl methyl sites for hydroxylation is 5. The number of aliphatic hydroxyl groups is 6. The first-order chi connectivity index (χ1) is 65.8. The molecule has 0 saturated heterocycles. The fraction of sp³-hybridized carbons (Fsp3) is 0.584. The molecule has 0 bridgehead atoms. The lowest BCUT2D eigenvalue weighted by Crippen LogP contribution is -2.39. The number of hydrogen-bond donors (Lipinski definition) is 12. The van der Waals surface area contributed by atoms with Crippen molar-refractivity contribution in [2.45, 2.75) is 368 Å². The van der Waals surface area contributed by atoms with Gasteiger partial charge in [0.25, 0.3) is 0 Å². The van der Waals surface area contributed by atoms with Gasteiger partial charge in [-0.15, -0.1) is 0 Å². The molecule has 12 aromatic heterocycles.